The van der Waals surface area contributed by atoms with Crippen molar-refractivity contribution < 1.29 is 19.4 Å². The Morgan fingerprint density at radius 2 is 2.00 bits per heavy atom. The molecule has 1 fully saturated rings. The number of carbonyl (C=O) groups excluding carboxylic acids is 1. The van der Waals surface area contributed by atoms with Crippen molar-refractivity contribution in [1.29, 1.82) is 0 Å². The Hall–Kier alpha value is -1.26. The minimum absolute atomic E-state index is 0.267. The molecule has 104 valence electrons. The molecular formula is C13H23NO4. The normalized spacial score (nSPS) is 24.1. The molecule has 1 heterocycles. The lowest BCUT2D eigenvalue weighted by Gasteiger charge is -2.26. The smallest absolute Gasteiger partial charge is 0.411 e. The number of hydrogen-bond donors (Lipinski definition) is 1. The number of hydrogen-bond acceptors (Lipinski definition) is 3. The first-order chi connectivity index (χ1) is 8.24. The lowest BCUT2D eigenvalue weighted by molar-refractivity contribution is -0.142. The Labute approximate surface area is 108 Å². The number of likely N-dealkylation sites (tertiary alicyclic amines) is 1. The molecule has 1 N–H and O–H groups in total. The van der Waals surface area contributed by atoms with Gasteiger partial charge < -0.3 is 9.84 Å². The summed E-state index contributed by atoms with van der Waals surface area (Å²) >= 11 is 0. The van der Waals surface area contributed by atoms with E-state index in [1.165, 1.54) is 4.90 Å². The van der Waals surface area contributed by atoms with Crippen LogP contribution in [0.3, 0.4) is 0 Å². The number of carboxylic acids is 1. The molecule has 0 radical (unpaired) electrons. The van der Waals surface area contributed by atoms with Gasteiger partial charge in [0.1, 0.15) is 11.6 Å². The summed E-state index contributed by atoms with van der Waals surface area (Å²) in [6.45, 7) is 7.88. The Bertz CT molecular complexity index is 321. The van der Waals surface area contributed by atoms with Crippen molar-refractivity contribution in [3.8, 4) is 0 Å². The van der Waals surface area contributed by atoms with Gasteiger partial charge in [-0.05, 0) is 39.5 Å². The van der Waals surface area contributed by atoms with E-state index in [1.807, 2.05) is 0 Å². The largest absolute Gasteiger partial charge is 0.480 e. The summed E-state index contributed by atoms with van der Waals surface area (Å²) in [5.74, 6) is -0.678. The van der Waals surface area contributed by atoms with E-state index < -0.39 is 23.7 Å². The average molecular weight is 257 g/mol. The van der Waals surface area contributed by atoms with Crippen LogP contribution < -0.4 is 0 Å². The fraction of sp³-hybridized carbons (Fsp3) is 0.846. The number of nitrogens with zero attached hydrogens (tertiary/aromatic N) is 1. The molecule has 0 spiro atoms. The number of ether oxygens (including phenoxy) is 1. The van der Waals surface area contributed by atoms with Crippen molar-refractivity contribution >= 4 is 12.1 Å². The van der Waals surface area contributed by atoms with Gasteiger partial charge >= 0.3 is 12.1 Å². The third-order valence-corrected chi connectivity index (χ3v) is 3.00. The molecule has 1 amide bonds. The SMILES string of the molecule is CCCC1C[C@@H](C(=O)O)N(C(=O)OC(C)(C)C)C1. The van der Waals surface area contributed by atoms with Crippen molar-refractivity contribution in [3.05, 3.63) is 0 Å². The molecule has 0 saturated carbocycles. The summed E-state index contributed by atoms with van der Waals surface area (Å²) in [6.07, 6.45) is 1.96. The van der Waals surface area contributed by atoms with Gasteiger partial charge in [0.2, 0.25) is 0 Å². The molecule has 1 rings (SSSR count). The number of rotatable bonds is 3. The fourth-order valence-electron chi connectivity index (χ4n) is 2.30. The number of amides is 1. The van der Waals surface area contributed by atoms with E-state index in [9.17, 15) is 9.59 Å². The molecular weight excluding hydrogens is 234 g/mol. The highest BCUT2D eigenvalue weighted by molar-refractivity contribution is 5.80. The number of carbonyl (C=O) groups is 2. The average Bonchev–Trinajstić information content (AvgIpc) is 2.59. The zero-order chi connectivity index (χ0) is 13.9. The highest BCUT2D eigenvalue weighted by Gasteiger charge is 2.40. The van der Waals surface area contributed by atoms with E-state index in [0.29, 0.717) is 13.0 Å². The molecule has 1 aliphatic rings. The molecule has 0 aromatic heterocycles. The zero-order valence-electron chi connectivity index (χ0n) is 11.6. The van der Waals surface area contributed by atoms with Gasteiger partial charge in [-0.1, -0.05) is 13.3 Å². The van der Waals surface area contributed by atoms with Crippen LogP contribution in [0.15, 0.2) is 0 Å². The quantitative estimate of drug-likeness (QED) is 0.843. The van der Waals surface area contributed by atoms with Crippen LogP contribution in [0.1, 0.15) is 47.0 Å². The lowest BCUT2D eigenvalue weighted by Crippen LogP contribution is -2.43. The summed E-state index contributed by atoms with van der Waals surface area (Å²) in [7, 11) is 0. The minimum Gasteiger partial charge on any atom is -0.480 e. The van der Waals surface area contributed by atoms with Crippen LogP contribution in [-0.2, 0) is 9.53 Å². The van der Waals surface area contributed by atoms with Gasteiger partial charge in [-0.2, -0.15) is 0 Å². The van der Waals surface area contributed by atoms with Gasteiger partial charge in [0.25, 0.3) is 0 Å². The first-order valence-corrected chi connectivity index (χ1v) is 6.47. The molecule has 1 saturated heterocycles. The van der Waals surface area contributed by atoms with Crippen LogP contribution in [0.4, 0.5) is 4.79 Å². The Balaban J connectivity index is 2.72. The second kappa shape index (κ2) is 5.59. The molecule has 0 aliphatic carbocycles. The highest BCUT2D eigenvalue weighted by atomic mass is 16.6. The summed E-state index contributed by atoms with van der Waals surface area (Å²) in [5, 5.41) is 9.17. The van der Waals surface area contributed by atoms with Gasteiger partial charge in [0.05, 0.1) is 0 Å². The second-order valence-corrected chi connectivity index (χ2v) is 5.88. The maximum Gasteiger partial charge on any atom is 0.411 e. The number of aliphatic carboxylic acids is 1. The van der Waals surface area contributed by atoms with Crippen LogP contribution >= 0.6 is 0 Å². The molecule has 0 aromatic carbocycles. The van der Waals surface area contributed by atoms with Crippen molar-refractivity contribution in [1.82, 2.24) is 4.90 Å². The van der Waals surface area contributed by atoms with Gasteiger partial charge in [0.15, 0.2) is 0 Å². The van der Waals surface area contributed by atoms with E-state index in [4.69, 9.17) is 9.84 Å². The van der Waals surface area contributed by atoms with Crippen LogP contribution in [-0.4, -0.2) is 40.3 Å². The van der Waals surface area contributed by atoms with E-state index in [1.54, 1.807) is 20.8 Å². The third kappa shape index (κ3) is 3.89. The molecule has 18 heavy (non-hydrogen) atoms. The Kier molecular flexibility index (Phi) is 4.59. The molecule has 2 atom stereocenters. The van der Waals surface area contributed by atoms with Crippen molar-refractivity contribution in [3.63, 3.8) is 0 Å². The maximum absolute atomic E-state index is 12.0. The lowest BCUT2D eigenvalue weighted by atomic mass is 10.0. The standard InChI is InChI=1S/C13H23NO4/c1-5-6-9-7-10(11(15)16)14(8-9)12(17)18-13(2,3)4/h9-10H,5-8H2,1-4H3,(H,15,16)/t9?,10-/m0/s1. The first-order valence-electron chi connectivity index (χ1n) is 6.47. The topological polar surface area (TPSA) is 66.8 Å². The van der Waals surface area contributed by atoms with Gasteiger partial charge in [-0.25, -0.2) is 9.59 Å². The molecule has 0 bridgehead atoms. The van der Waals surface area contributed by atoms with Gasteiger partial charge in [0, 0.05) is 6.54 Å². The minimum atomic E-state index is -0.945. The molecule has 5 nitrogen and oxygen atoms in total. The summed E-state index contributed by atoms with van der Waals surface area (Å²) in [4.78, 5) is 24.5. The van der Waals surface area contributed by atoms with E-state index in [0.717, 1.165) is 12.8 Å². The summed E-state index contributed by atoms with van der Waals surface area (Å²) < 4.78 is 5.25. The number of carboxylic acid groups (broad SMARTS) is 1. The van der Waals surface area contributed by atoms with Crippen LogP contribution in [0.2, 0.25) is 0 Å². The van der Waals surface area contributed by atoms with Gasteiger partial charge in [-0.15, -0.1) is 0 Å². The second-order valence-electron chi connectivity index (χ2n) is 5.88. The van der Waals surface area contributed by atoms with Crippen molar-refractivity contribution in [2.45, 2.75) is 58.6 Å². The van der Waals surface area contributed by atoms with Crippen molar-refractivity contribution in [2.75, 3.05) is 6.54 Å². The van der Waals surface area contributed by atoms with Crippen LogP contribution in [0.25, 0.3) is 0 Å². The van der Waals surface area contributed by atoms with Crippen molar-refractivity contribution in [2.24, 2.45) is 5.92 Å². The maximum atomic E-state index is 12.0. The highest BCUT2D eigenvalue weighted by Crippen LogP contribution is 2.28. The van der Waals surface area contributed by atoms with E-state index >= 15 is 0 Å². The predicted molar refractivity (Wildman–Crippen MR) is 67.4 cm³/mol. The summed E-state index contributed by atoms with van der Waals surface area (Å²) in [5.41, 5.74) is -0.594. The molecule has 0 aromatic rings. The Morgan fingerprint density at radius 3 is 2.44 bits per heavy atom. The van der Waals surface area contributed by atoms with Crippen LogP contribution in [0.5, 0.6) is 0 Å². The Morgan fingerprint density at radius 1 is 1.39 bits per heavy atom. The van der Waals surface area contributed by atoms with E-state index in [-0.39, 0.29) is 5.92 Å². The fourth-order valence-corrected chi connectivity index (χ4v) is 2.30. The molecule has 1 aliphatic heterocycles. The zero-order valence-corrected chi connectivity index (χ0v) is 11.6. The monoisotopic (exact) mass is 257 g/mol. The summed E-state index contributed by atoms with van der Waals surface area (Å²) in [6, 6.07) is -0.739. The molecule has 5 heteroatoms. The first kappa shape index (κ1) is 14.8. The van der Waals surface area contributed by atoms with E-state index in [2.05, 4.69) is 6.92 Å². The van der Waals surface area contributed by atoms with Gasteiger partial charge in [-0.3, -0.25) is 4.90 Å². The van der Waals surface area contributed by atoms with Crippen LogP contribution in [0, 0.1) is 5.92 Å². The molecule has 1 unspecified atom stereocenters. The predicted octanol–water partition coefficient (Wildman–Crippen LogP) is 2.50. The third-order valence-electron chi connectivity index (χ3n) is 3.00.